The van der Waals surface area contributed by atoms with Crippen LogP contribution in [0.4, 0.5) is 0 Å². The molecule has 1 aliphatic carbocycles. The van der Waals surface area contributed by atoms with Crippen LogP contribution in [0.15, 0.2) is 24.3 Å². The Morgan fingerprint density at radius 1 is 1.28 bits per heavy atom. The largest absolute Gasteiger partial charge is 0.493 e. The van der Waals surface area contributed by atoms with Gasteiger partial charge < -0.3 is 9.84 Å². The van der Waals surface area contributed by atoms with Gasteiger partial charge in [-0.3, -0.25) is 0 Å². The molecular formula is C16H24O2. The van der Waals surface area contributed by atoms with Crippen LogP contribution in [0.25, 0.3) is 0 Å². The van der Waals surface area contributed by atoms with Gasteiger partial charge in [-0.05, 0) is 24.8 Å². The predicted molar refractivity (Wildman–Crippen MR) is 73.8 cm³/mol. The highest BCUT2D eigenvalue weighted by Gasteiger charge is 2.21. The molecule has 0 aromatic heterocycles. The fourth-order valence-electron chi connectivity index (χ4n) is 2.79. The Balaban J connectivity index is 2.00. The lowest BCUT2D eigenvalue weighted by Crippen LogP contribution is -2.07. The summed E-state index contributed by atoms with van der Waals surface area (Å²) in [5.41, 5.74) is 0.956. The van der Waals surface area contributed by atoms with Crippen molar-refractivity contribution in [2.24, 2.45) is 5.92 Å². The molecule has 0 heterocycles. The molecule has 1 unspecified atom stereocenters. The summed E-state index contributed by atoms with van der Waals surface area (Å²) in [6.45, 7) is 2.81. The van der Waals surface area contributed by atoms with Crippen molar-refractivity contribution in [2.45, 2.75) is 51.6 Å². The monoisotopic (exact) mass is 248 g/mol. The first kappa shape index (κ1) is 13.4. The van der Waals surface area contributed by atoms with Crippen LogP contribution in [0, 0.1) is 5.92 Å². The Hall–Kier alpha value is -1.02. The molecule has 18 heavy (non-hydrogen) atoms. The number of ether oxygens (including phenoxy) is 1. The van der Waals surface area contributed by atoms with Gasteiger partial charge in [-0.2, -0.15) is 0 Å². The molecule has 0 saturated heterocycles. The van der Waals surface area contributed by atoms with Crippen LogP contribution in [-0.2, 0) is 0 Å². The second kappa shape index (κ2) is 6.79. The van der Waals surface area contributed by atoms with Gasteiger partial charge >= 0.3 is 0 Å². The summed E-state index contributed by atoms with van der Waals surface area (Å²) in [5.74, 6) is 1.55. The lowest BCUT2D eigenvalue weighted by Gasteiger charge is -2.18. The van der Waals surface area contributed by atoms with Crippen LogP contribution in [-0.4, -0.2) is 11.7 Å². The molecule has 0 bridgehead atoms. The van der Waals surface area contributed by atoms with Crippen molar-refractivity contribution in [2.75, 3.05) is 6.61 Å². The van der Waals surface area contributed by atoms with Gasteiger partial charge in [0.2, 0.25) is 0 Å². The van der Waals surface area contributed by atoms with E-state index in [0.29, 0.717) is 12.5 Å². The first-order valence-corrected chi connectivity index (χ1v) is 7.21. The summed E-state index contributed by atoms with van der Waals surface area (Å²) in [4.78, 5) is 0. The predicted octanol–water partition coefficient (Wildman–Crippen LogP) is 4.09. The number of para-hydroxylation sites is 1. The van der Waals surface area contributed by atoms with E-state index in [2.05, 4.69) is 6.92 Å². The van der Waals surface area contributed by atoms with Gasteiger partial charge in [-0.15, -0.1) is 0 Å². The molecule has 2 rings (SSSR count). The normalized spacial score (nSPS) is 17.9. The topological polar surface area (TPSA) is 29.5 Å². The maximum Gasteiger partial charge on any atom is 0.125 e. The van der Waals surface area contributed by atoms with E-state index in [1.54, 1.807) is 0 Å². The molecule has 1 atom stereocenters. The smallest absolute Gasteiger partial charge is 0.125 e. The van der Waals surface area contributed by atoms with Crippen molar-refractivity contribution >= 4 is 0 Å². The fourth-order valence-corrected chi connectivity index (χ4v) is 2.79. The zero-order chi connectivity index (χ0) is 12.8. The minimum Gasteiger partial charge on any atom is -0.493 e. The van der Waals surface area contributed by atoms with Crippen molar-refractivity contribution in [3.63, 3.8) is 0 Å². The van der Waals surface area contributed by atoms with Crippen LogP contribution in [0.1, 0.15) is 57.1 Å². The third kappa shape index (κ3) is 3.49. The fraction of sp³-hybridized carbons (Fsp3) is 0.625. The number of hydrogen-bond donors (Lipinski definition) is 1. The van der Waals surface area contributed by atoms with Gasteiger partial charge in [-0.1, -0.05) is 50.8 Å². The number of aliphatic hydroxyl groups excluding tert-OH is 1. The van der Waals surface area contributed by atoms with Crippen LogP contribution >= 0.6 is 0 Å². The molecule has 1 aromatic carbocycles. The summed E-state index contributed by atoms with van der Waals surface area (Å²) in [5, 5.41) is 10.4. The van der Waals surface area contributed by atoms with E-state index in [-0.39, 0.29) is 6.10 Å². The minimum absolute atomic E-state index is 0.374. The van der Waals surface area contributed by atoms with E-state index in [9.17, 15) is 5.11 Å². The molecule has 1 fully saturated rings. The summed E-state index contributed by atoms with van der Waals surface area (Å²) in [6, 6.07) is 7.90. The molecule has 2 nitrogen and oxygen atoms in total. The van der Waals surface area contributed by atoms with Crippen molar-refractivity contribution < 1.29 is 9.84 Å². The van der Waals surface area contributed by atoms with Gasteiger partial charge in [0.15, 0.2) is 0 Å². The zero-order valence-electron chi connectivity index (χ0n) is 11.3. The lowest BCUT2D eigenvalue weighted by atomic mass is 9.95. The number of hydrogen-bond acceptors (Lipinski definition) is 2. The molecule has 0 spiro atoms. The molecule has 2 heteroatoms. The second-order valence-electron chi connectivity index (χ2n) is 5.29. The number of benzene rings is 1. The average Bonchev–Trinajstić information content (AvgIpc) is 2.89. The van der Waals surface area contributed by atoms with E-state index >= 15 is 0 Å². The highest BCUT2D eigenvalue weighted by atomic mass is 16.5. The molecule has 100 valence electrons. The molecule has 0 aliphatic heterocycles. The van der Waals surface area contributed by atoms with Crippen LogP contribution in [0.5, 0.6) is 5.75 Å². The molecule has 1 saturated carbocycles. The Morgan fingerprint density at radius 2 is 2.00 bits per heavy atom. The number of rotatable bonds is 6. The SMILES string of the molecule is CCCOc1ccccc1C(O)CC1CCCC1. The molecule has 0 radical (unpaired) electrons. The Kier molecular flexibility index (Phi) is 5.06. The molecule has 0 amide bonds. The van der Waals surface area contributed by atoms with Gasteiger partial charge in [-0.25, -0.2) is 0 Å². The maximum absolute atomic E-state index is 10.4. The Morgan fingerprint density at radius 3 is 2.72 bits per heavy atom. The van der Waals surface area contributed by atoms with Gasteiger partial charge in [0.1, 0.15) is 5.75 Å². The minimum atomic E-state index is -0.374. The third-order valence-electron chi connectivity index (χ3n) is 3.77. The van der Waals surface area contributed by atoms with E-state index in [1.165, 1.54) is 25.7 Å². The maximum atomic E-state index is 10.4. The van der Waals surface area contributed by atoms with Crippen molar-refractivity contribution in [1.82, 2.24) is 0 Å². The molecule has 1 aromatic rings. The van der Waals surface area contributed by atoms with Crippen molar-refractivity contribution in [1.29, 1.82) is 0 Å². The van der Waals surface area contributed by atoms with Crippen LogP contribution in [0.2, 0.25) is 0 Å². The highest BCUT2D eigenvalue weighted by molar-refractivity contribution is 5.35. The quantitative estimate of drug-likeness (QED) is 0.821. The first-order chi connectivity index (χ1) is 8.81. The first-order valence-electron chi connectivity index (χ1n) is 7.21. The van der Waals surface area contributed by atoms with Crippen LogP contribution in [0.3, 0.4) is 0 Å². The lowest BCUT2D eigenvalue weighted by molar-refractivity contribution is 0.140. The Bertz CT molecular complexity index is 356. The second-order valence-corrected chi connectivity index (χ2v) is 5.29. The van der Waals surface area contributed by atoms with E-state index in [0.717, 1.165) is 24.2 Å². The van der Waals surface area contributed by atoms with Gasteiger partial charge in [0.25, 0.3) is 0 Å². The standard InChI is InChI=1S/C16H24O2/c1-2-11-18-16-10-6-5-9-14(16)15(17)12-13-7-3-4-8-13/h5-6,9-10,13,15,17H,2-4,7-8,11-12H2,1H3. The molecule has 1 N–H and O–H groups in total. The molecular weight excluding hydrogens is 224 g/mol. The molecule has 1 aliphatic rings. The van der Waals surface area contributed by atoms with Crippen molar-refractivity contribution in [3.05, 3.63) is 29.8 Å². The summed E-state index contributed by atoms with van der Waals surface area (Å²) < 4.78 is 5.71. The van der Waals surface area contributed by atoms with E-state index in [4.69, 9.17) is 4.74 Å². The van der Waals surface area contributed by atoms with E-state index < -0.39 is 0 Å². The Labute approximate surface area is 110 Å². The summed E-state index contributed by atoms with van der Waals surface area (Å²) in [7, 11) is 0. The van der Waals surface area contributed by atoms with Gasteiger partial charge in [0.05, 0.1) is 12.7 Å². The van der Waals surface area contributed by atoms with E-state index in [1.807, 2.05) is 24.3 Å². The number of aliphatic hydroxyl groups is 1. The third-order valence-corrected chi connectivity index (χ3v) is 3.77. The summed E-state index contributed by atoms with van der Waals surface area (Å²) >= 11 is 0. The highest BCUT2D eigenvalue weighted by Crippen LogP contribution is 2.35. The van der Waals surface area contributed by atoms with Crippen molar-refractivity contribution in [3.8, 4) is 5.75 Å². The van der Waals surface area contributed by atoms with Gasteiger partial charge in [0, 0.05) is 5.56 Å². The van der Waals surface area contributed by atoms with Crippen LogP contribution < -0.4 is 4.74 Å². The summed E-state index contributed by atoms with van der Waals surface area (Å²) in [6.07, 6.45) is 6.70. The average molecular weight is 248 g/mol. The zero-order valence-corrected chi connectivity index (χ0v) is 11.3.